The normalized spacial score (nSPS) is 14.3. The topological polar surface area (TPSA) is 91.7 Å². The first-order valence-corrected chi connectivity index (χ1v) is 12.3. The summed E-state index contributed by atoms with van der Waals surface area (Å²) in [5.74, 6) is -2.09. The third kappa shape index (κ3) is 5.64. The molecule has 36 heavy (non-hydrogen) atoms. The van der Waals surface area contributed by atoms with Crippen LogP contribution in [0, 0.1) is 5.82 Å². The van der Waals surface area contributed by atoms with E-state index < -0.39 is 36.1 Å². The standard InChI is InChI=1S/C28H30FN3O4/c1-2-19-10-3-8-15-23(19)32(25(33)18-30-27(34)24-16-9-17-36-24)26(21-13-6-7-14-22(21)29)28(35)31-20-11-4-5-12-20/h3,6-10,13-17,20,26H,2,4-5,11-12,18H2,1H3,(H,30,34)(H,31,35)/t26-/m0/s1. The van der Waals surface area contributed by atoms with Gasteiger partial charge < -0.3 is 15.1 Å². The van der Waals surface area contributed by atoms with Crippen molar-refractivity contribution in [2.75, 3.05) is 11.4 Å². The molecule has 7 nitrogen and oxygen atoms in total. The summed E-state index contributed by atoms with van der Waals surface area (Å²) < 4.78 is 20.2. The Hall–Kier alpha value is -3.94. The Morgan fingerprint density at radius 2 is 1.75 bits per heavy atom. The van der Waals surface area contributed by atoms with E-state index in [1.54, 1.807) is 30.3 Å². The molecule has 2 N–H and O–H groups in total. The van der Waals surface area contributed by atoms with E-state index in [2.05, 4.69) is 10.6 Å². The van der Waals surface area contributed by atoms with Gasteiger partial charge >= 0.3 is 0 Å². The zero-order valence-corrected chi connectivity index (χ0v) is 20.2. The molecule has 0 aliphatic heterocycles. The van der Waals surface area contributed by atoms with Crippen LogP contribution in [0.4, 0.5) is 10.1 Å². The molecule has 1 aromatic heterocycles. The number of para-hydroxylation sites is 1. The summed E-state index contributed by atoms with van der Waals surface area (Å²) in [4.78, 5) is 41.2. The number of hydrogen-bond acceptors (Lipinski definition) is 4. The van der Waals surface area contributed by atoms with Gasteiger partial charge in [-0.1, -0.05) is 56.2 Å². The van der Waals surface area contributed by atoms with Crippen molar-refractivity contribution in [1.82, 2.24) is 10.6 Å². The van der Waals surface area contributed by atoms with Crippen molar-refractivity contribution >= 4 is 23.4 Å². The van der Waals surface area contributed by atoms with Gasteiger partial charge in [0.15, 0.2) is 5.76 Å². The van der Waals surface area contributed by atoms with Crippen molar-refractivity contribution in [3.05, 3.63) is 89.6 Å². The highest BCUT2D eigenvalue weighted by Crippen LogP contribution is 2.33. The van der Waals surface area contributed by atoms with Crippen molar-refractivity contribution in [1.29, 1.82) is 0 Å². The Morgan fingerprint density at radius 1 is 1.03 bits per heavy atom. The van der Waals surface area contributed by atoms with Crippen molar-refractivity contribution in [3.8, 4) is 0 Å². The molecule has 1 saturated carbocycles. The average Bonchev–Trinajstić information content (AvgIpc) is 3.61. The maximum atomic E-state index is 15.1. The number of nitrogens with one attached hydrogen (secondary N) is 2. The van der Waals surface area contributed by atoms with Crippen LogP contribution in [0.1, 0.15) is 60.3 Å². The van der Waals surface area contributed by atoms with E-state index >= 15 is 4.39 Å². The number of carbonyl (C=O) groups excluding carboxylic acids is 3. The molecule has 0 radical (unpaired) electrons. The van der Waals surface area contributed by atoms with Gasteiger partial charge in [0.25, 0.3) is 5.91 Å². The molecule has 1 fully saturated rings. The Balaban J connectivity index is 1.73. The lowest BCUT2D eigenvalue weighted by Crippen LogP contribution is -2.49. The molecule has 188 valence electrons. The average molecular weight is 492 g/mol. The number of nitrogens with zero attached hydrogens (tertiary/aromatic N) is 1. The van der Waals surface area contributed by atoms with Gasteiger partial charge in [-0.05, 0) is 49.1 Å². The maximum absolute atomic E-state index is 15.1. The van der Waals surface area contributed by atoms with Crippen molar-refractivity contribution in [2.24, 2.45) is 0 Å². The van der Waals surface area contributed by atoms with Crippen LogP contribution in [0.15, 0.2) is 71.3 Å². The molecule has 0 unspecified atom stereocenters. The first-order chi connectivity index (χ1) is 17.5. The maximum Gasteiger partial charge on any atom is 0.287 e. The Kier molecular flexibility index (Phi) is 8.15. The molecule has 4 rings (SSSR count). The Labute approximate surface area is 209 Å². The summed E-state index contributed by atoms with van der Waals surface area (Å²) in [6.45, 7) is 1.54. The zero-order valence-electron chi connectivity index (χ0n) is 20.2. The Bertz CT molecular complexity index is 1210. The van der Waals surface area contributed by atoms with Crippen LogP contribution in [-0.4, -0.2) is 30.3 Å². The number of aryl methyl sites for hydroxylation is 1. The van der Waals surface area contributed by atoms with Crippen LogP contribution in [0.5, 0.6) is 0 Å². The molecule has 8 heteroatoms. The minimum absolute atomic E-state index is 0.0243. The molecule has 1 heterocycles. The van der Waals surface area contributed by atoms with E-state index in [4.69, 9.17) is 4.42 Å². The molecule has 1 aliphatic rings. The number of rotatable bonds is 9. The molecule has 3 amide bonds. The number of hydrogen-bond donors (Lipinski definition) is 2. The van der Waals surface area contributed by atoms with Gasteiger partial charge in [-0.3, -0.25) is 19.3 Å². The third-order valence-electron chi connectivity index (χ3n) is 6.45. The summed E-state index contributed by atoms with van der Waals surface area (Å²) in [6.07, 6.45) is 5.66. The molecule has 0 bridgehead atoms. The lowest BCUT2D eigenvalue weighted by atomic mass is 9.99. The minimum Gasteiger partial charge on any atom is -0.459 e. The highest BCUT2D eigenvalue weighted by Gasteiger charge is 2.36. The molecule has 3 aromatic rings. The predicted octanol–water partition coefficient (Wildman–Crippen LogP) is 4.54. The van der Waals surface area contributed by atoms with Crippen LogP contribution in [0.2, 0.25) is 0 Å². The number of anilines is 1. The van der Waals surface area contributed by atoms with E-state index in [1.165, 1.54) is 29.4 Å². The fourth-order valence-electron chi connectivity index (χ4n) is 4.64. The Morgan fingerprint density at radius 3 is 2.44 bits per heavy atom. The van der Waals surface area contributed by atoms with Gasteiger partial charge in [0, 0.05) is 17.3 Å². The lowest BCUT2D eigenvalue weighted by Gasteiger charge is -2.33. The van der Waals surface area contributed by atoms with Gasteiger partial charge in [0.1, 0.15) is 11.9 Å². The van der Waals surface area contributed by atoms with Gasteiger partial charge in [-0.25, -0.2) is 4.39 Å². The summed E-state index contributed by atoms with van der Waals surface area (Å²) in [5.41, 5.74) is 1.40. The van der Waals surface area contributed by atoms with Crippen molar-refractivity contribution in [2.45, 2.75) is 51.1 Å². The summed E-state index contributed by atoms with van der Waals surface area (Å²) >= 11 is 0. The fraction of sp³-hybridized carbons (Fsp3) is 0.321. The number of benzene rings is 2. The fourth-order valence-corrected chi connectivity index (χ4v) is 4.64. The first kappa shape index (κ1) is 25.2. The van der Waals surface area contributed by atoms with Gasteiger partial charge in [0.05, 0.1) is 12.8 Å². The van der Waals surface area contributed by atoms with Crippen LogP contribution in [-0.2, 0) is 16.0 Å². The molecule has 1 atom stereocenters. The molecular formula is C28H30FN3O4. The van der Waals surface area contributed by atoms with Gasteiger partial charge in [-0.2, -0.15) is 0 Å². The third-order valence-corrected chi connectivity index (χ3v) is 6.45. The van der Waals surface area contributed by atoms with Crippen molar-refractivity contribution < 1.29 is 23.2 Å². The molecule has 1 aliphatic carbocycles. The highest BCUT2D eigenvalue weighted by atomic mass is 19.1. The van der Waals surface area contributed by atoms with Gasteiger partial charge in [0.2, 0.25) is 11.8 Å². The summed E-state index contributed by atoms with van der Waals surface area (Å²) in [7, 11) is 0. The monoisotopic (exact) mass is 491 g/mol. The quantitative estimate of drug-likeness (QED) is 0.460. The largest absolute Gasteiger partial charge is 0.459 e. The van der Waals surface area contributed by atoms with E-state index in [0.29, 0.717) is 12.1 Å². The first-order valence-electron chi connectivity index (χ1n) is 12.3. The smallest absolute Gasteiger partial charge is 0.287 e. The number of halogens is 1. The van der Waals surface area contributed by atoms with Crippen molar-refractivity contribution in [3.63, 3.8) is 0 Å². The number of amides is 3. The number of furan rings is 1. The molecule has 0 spiro atoms. The summed E-state index contributed by atoms with van der Waals surface area (Å²) in [5, 5.41) is 5.59. The molecular weight excluding hydrogens is 461 g/mol. The van der Waals surface area contributed by atoms with E-state index in [0.717, 1.165) is 31.2 Å². The SMILES string of the molecule is CCc1ccccc1N(C(=O)CNC(=O)c1ccco1)[C@H](C(=O)NC1CCCC1)c1ccccc1F. The highest BCUT2D eigenvalue weighted by molar-refractivity contribution is 6.04. The van der Waals surface area contributed by atoms with Crippen LogP contribution in [0.25, 0.3) is 0 Å². The number of carbonyl (C=O) groups is 3. The van der Waals surface area contributed by atoms with Crippen LogP contribution in [0.3, 0.4) is 0 Å². The van der Waals surface area contributed by atoms with Gasteiger partial charge in [-0.15, -0.1) is 0 Å². The predicted molar refractivity (Wildman–Crippen MR) is 134 cm³/mol. The van der Waals surface area contributed by atoms with E-state index in [9.17, 15) is 14.4 Å². The molecule has 0 saturated heterocycles. The summed E-state index contributed by atoms with van der Waals surface area (Å²) in [6, 6.07) is 15.0. The van der Waals surface area contributed by atoms with Crippen LogP contribution >= 0.6 is 0 Å². The zero-order chi connectivity index (χ0) is 25.5. The van der Waals surface area contributed by atoms with E-state index in [-0.39, 0.29) is 17.4 Å². The second-order valence-corrected chi connectivity index (χ2v) is 8.82. The second-order valence-electron chi connectivity index (χ2n) is 8.82. The van der Waals surface area contributed by atoms with E-state index in [1.807, 2.05) is 19.1 Å². The second kappa shape index (κ2) is 11.7. The lowest BCUT2D eigenvalue weighted by molar-refractivity contribution is -0.126. The molecule has 2 aromatic carbocycles. The van der Waals surface area contributed by atoms with Crippen LogP contribution < -0.4 is 15.5 Å². The minimum atomic E-state index is -1.26.